The zero-order chi connectivity index (χ0) is 12.3. The van der Waals surface area contributed by atoms with E-state index in [0.29, 0.717) is 12.3 Å². The van der Waals surface area contributed by atoms with Gasteiger partial charge in [-0.2, -0.15) is 0 Å². The number of benzene rings is 1. The Morgan fingerprint density at radius 1 is 1.47 bits per heavy atom. The smallest absolute Gasteiger partial charge is 0.121 e. The number of methoxy groups -OCH3 is 1. The van der Waals surface area contributed by atoms with Crippen LogP contribution in [0.2, 0.25) is 0 Å². The Labute approximate surface area is 113 Å². The molecular formula is C11H11BrClN3O. The molecule has 6 heteroatoms. The number of ether oxygens (including phenoxy) is 1. The fourth-order valence-corrected chi connectivity index (χ4v) is 2.04. The van der Waals surface area contributed by atoms with Gasteiger partial charge in [0.15, 0.2) is 0 Å². The van der Waals surface area contributed by atoms with Crippen LogP contribution < -0.4 is 4.74 Å². The molecular weight excluding hydrogens is 305 g/mol. The van der Waals surface area contributed by atoms with Gasteiger partial charge in [-0.05, 0) is 28.1 Å². The molecule has 4 nitrogen and oxygen atoms in total. The largest absolute Gasteiger partial charge is 0.497 e. The second kappa shape index (κ2) is 5.51. The quantitative estimate of drug-likeness (QED) is 0.814. The summed E-state index contributed by atoms with van der Waals surface area (Å²) >= 11 is 9.14. The Morgan fingerprint density at radius 3 is 3.00 bits per heavy atom. The van der Waals surface area contributed by atoms with E-state index in [1.807, 2.05) is 24.4 Å². The molecule has 0 N–H and O–H groups in total. The predicted octanol–water partition coefficient (Wildman–Crippen LogP) is 2.82. The molecule has 0 saturated heterocycles. The summed E-state index contributed by atoms with van der Waals surface area (Å²) in [5, 5.41) is 8.11. The maximum atomic E-state index is 5.66. The summed E-state index contributed by atoms with van der Waals surface area (Å²) in [7, 11) is 1.63. The molecule has 1 aromatic heterocycles. The van der Waals surface area contributed by atoms with Crippen LogP contribution in [0.25, 0.3) is 5.69 Å². The van der Waals surface area contributed by atoms with Crippen molar-refractivity contribution in [3.63, 3.8) is 0 Å². The highest BCUT2D eigenvalue weighted by Crippen LogP contribution is 2.25. The minimum Gasteiger partial charge on any atom is -0.497 e. The molecule has 0 atom stereocenters. The second-order valence-electron chi connectivity index (χ2n) is 3.41. The Hall–Kier alpha value is -1.07. The first-order valence-electron chi connectivity index (χ1n) is 5.05. The number of aryl methyl sites for hydroxylation is 1. The lowest BCUT2D eigenvalue weighted by molar-refractivity contribution is 0.414. The van der Waals surface area contributed by atoms with Crippen LogP contribution >= 0.6 is 27.5 Å². The van der Waals surface area contributed by atoms with E-state index in [1.54, 1.807) is 11.8 Å². The van der Waals surface area contributed by atoms with Gasteiger partial charge in [-0.25, -0.2) is 4.68 Å². The third kappa shape index (κ3) is 2.79. The van der Waals surface area contributed by atoms with Crippen molar-refractivity contribution in [3.05, 3.63) is 34.6 Å². The van der Waals surface area contributed by atoms with Crippen LogP contribution in [0, 0.1) is 0 Å². The van der Waals surface area contributed by atoms with Gasteiger partial charge < -0.3 is 4.74 Å². The fraction of sp³-hybridized carbons (Fsp3) is 0.273. The van der Waals surface area contributed by atoms with E-state index in [0.717, 1.165) is 21.6 Å². The van der Waals surface area contributed by atoms with Gasteiger partial charge in [0.05, 0.1) is 24.7 Å². The van der Waals surface area contributed by atoms with Gasteiger partial charge in [0, 0.05) is 22.8 Å². The van der Waals surface area contributed by atoms with Crippen LogP contribution in [0.15, 0.2) is 28.9 Å². The number of rotatable bonds is 4. The molecule has 1 aromatic carbocycles. The highest BCUT2D eigenvalue weighted by molar-refractivity contribution is 9.10. The van der Waals surface area contributed by atoms with E-state index in [2.05, 4.69) is 26.2 Å². The Morgan fingerprint density at radius 2 is 2.29 bits per heavy atom. The van der Waals surface area contributed by atoms with Gasteiger partial charge in [-0.3, -0.25) is 0 Å². The Kier molecular flexibility index (Phi) is 4.02. The van der Waals surface area contributed by atoms with Crippen molar-refractivity contribution >= 4 is 27.5 Å². The summed E-state index contributed by atoms with van der Waals surface area (Å²) in [5.41, 5.74) is 1.76. The van der Waals surface area contributed by atoms with Crippen molar-refractivity contribution in [2.24, 2.45) is 0 Å². The summed E-state index contributed by atoms with van der Waals surface area (Å²) < 4.78 is 7.82. The standard InChI is InChI=1S/C11H11BrClN3O/c1-17-9-2-3-10(12)11(6-9)16-7-8(4-5-13)14-15-16/h2-3,6-7H,4-5H2,1H3. The van der Waals surface area contributed by atoms with E-state index in [4.69, 9.17) is 16.3 Å². The molecule has 0 saturated carbocycles. The third-order valence-corrected chi connectivity index (χ3v) is 3.15. The molecule has 90 valence electrons. The maximum Gasteiger partial charge on any atom is 0.121 e. The lowest BCUT2D eigenvalue weighted by atomic mass is 10.3. The molecule has 0 bridgehead atoms. The van der Waals surface area contributed by atoms with Gasteiger partial charge in [0.1, 0.15) is 5.75 Å². The first-order valence-corrected chi connectivity index (χ1v) is 6.38. The summed E-state index contributed by atoms with van der Waals surface area (Å²) in [6, 6.07) is 5.69. The van der Waals surface area contributed by atoms with Crippen molar-refractivity contribution in [3.8, 4) is 11.4 Å². The van der Waals surface area contributed by atoms with Crippen molar-refractivity contribution in [1.29, 1.82) is 0 Å². The highest BCUT2D eigenvalue weighted by atomic mass is 79.9. The third-order valence-electron chi connectivity index (χ3n) is 2.29. The lowest BCUT2D eigenvalue weighted by Crippen LogP contribution is -1.97. The van der Waals surface area contributed by atoms with Gasteiger partial charge in [-0.15, -0.1) is 16.7 Å². The molecule has 1 heterocycles. The van der Waals surface area contributed by atoms with Gasteiger partial charge in [0.25, 0.3) is 0 Å². The zero-order valence-electron chi connectivity index (χ0n) is 9.23. The summed E-state index contributed by atoms with van der Waals surface area (Å²) in [6.07, 6.45) is 2.57. The van der Waals surface area contributed by atoms with Crippen molar-refractivity contribution in [2.45, 2.75) is 6.42 Å². The topological polar surface area (TPSA) is 39.9 Å². The Balaban J connectivity index is 2.37. The second-order valence-corrected chi connectivity index (χ2v) is 4.64. The maximum absolute atomic E-state index is 5.66. The predicted molar refractivity (Wildman–Crippen MR) is 70.0 cm³/mol. The first kappa shape index (κ1) is 12.4. The molecule has 0 amide bonds. The number of aromatic nitrogens is 3. The number of halogens is 2. The molecule has 0 radical (unpaired) electrons. The van der Waals surface area contributed by atoms with Crippen LogP contribution in [0.1, 0.15) is 5.69 Å². The van der Waals surface area contributed by atoms with Crippen LogP contribution in [0.5, 0.6) is 5.75 Å². The summed E-state index contributed by atoms with van der Waals surface area (Å²) in [6.45, 7) is 0. The monoisotopic (exact) mass is 315 g/mol. The van der Waals surface area contributed by atoms with Gasteiger partial charge >= 0.3 is 0 Å². The Bertz CT molecular complexity index is 515. The first-order chi connectivity index (χ1) is 8.24. The number of hydrogen-bond donors (Lipinski definition) is 0. The van der Waals surface area contributed by atoms with Gasteiger partial charge in [-0.1, -0.05) is 5.21 Å². The molecule has 2 rings (SSSR count). The molecule has 0 aliphatic rings. The van der Waals surface area contributed by atoms with E-state index >= 15 is 0 Å². The number of hydrogen-bond acceptors (Lipinski definition) is 3. The minimum atomic E-state index is 0.540. The van der Waals surface area contributed by atoms with Crippen LogP contribution in [-0.4, -0.2) is 28.0 Å². The minimum absolute atomic E-state index is 0.540. The number of nitrogens with zero attached hydrogens (tertiary/aromatic N) is 3. The van der Waals surface area contributed by atoms with E-state index in [-0.39, 0.29) is 0 Å². The van der Waals surface area contributed by atoms with E-state index in [1.165, 1.54) is 0 Å². The molecule has 17 heavy (non-hydrogen) atoms. The zero-order valence-corrected chi connectivity index (χ0v) is 11.6. The van der Waals surface area contributed by atoms with Crippen LogP contribution in [-0.2, 0) is 6.42 Å². The molecule has 2 aromatic rings. The fourth-order valence-electron chi connectivity index (χ4n) is 1.42. The van der Waals surface area contributed by atoms with Crippen molar-refractivity contribution in [1.82, 2.24) is 15.0 Å². The molecule has 0 aliphatic carbocycles. The SMILES string of the molecule is COc1ccc(Br)c(-n2cc(CCCl)nn2)c1. The van der Waals surface area contributed by atoms with Crippen molar-refractivity contribution < 1.29 is 4.74 Å². The molecule has 0 fully saturated rings. The van der Waals surface area contributed by atoms with E-state index < -0.39 is 0 Å². The number of alkyl halides is 1. The summed E-state index contributed by atoms with van der Waals surface area (Å²) in [5.74, 6) is 1.32. The molecule has 0 aliphatic heterocycles. The molecule has 0 unspecified atom stereocenters. The molecule has 0 spiro atoms. The van der Waals surface area contributed by atoms with E-state index in [9.17, 15) is 0 Å². The highest BCUT2D eigenvalue weighted by Gasteiger charge is 2.07. The average molecular weight is 317 g/mol. The summed E-state index contributed by atoms with van der Waals surface area (Å²) in [4.78, 5) is 0. The van der Waals surface area contributed by atoms with Gasteiger partial charge in [0.2, 0.25) is 0 Å². The van der Waals surface area contributed by atoms with Crippen LogP contribution in [0.3, 0.4) is 0 Å². The lowest BCUT2D eigenvalue weighted by Gasteiger charge is -2.06. The average Bonchev–Trinajstić information content (AvgIpc) is 2.79. The van der Waals surface area contributed by atoms with Crippen LogP contribution in [0.4, 0.5) is 0 Å². The van der Waals surface area contributed by atoms with Crippen molar-refractivity contribution in [2.75, 3.05) is 13.0 Å². The normalized spacial score (nSPS) is 10.5.